The summed E-state index contributed by atoms with van der Waals surface area (Å²) < 4.78 is 5.74. The zero-order valence-electron chi connectivity index (χ0n) is 11.7. The van der Waals surface area contributed by atoms with Gasteiger partial charge in [0.05, 0.1) is 11.9 Å². The van der Waals surface area contributed by atoms with E-state index in [9.17, 15) is 0 Å². The van der Waals surface area contributed by atoms with Crippen molar-refractivity contribution in [2.24, 2.45) is 0 Å². The Kier molecular flexibility index (Phi) is 4.53. The van der Waals surface area contributed by atoms with Gasteiger partial charge in [0, 0.05) is 6.54 Å². The number of nitrogens with one attached hydrogen (secondary N) is 1. The molecule has 3 nitrogen and oxygen atoms in total. The van der Waals surface area contributed by atoms with E-state index in [1.807, 2.05) is 19.2 Å². The van der Waals surface area contributed by atoms with E-state index in [-0.39, 0.29) is 0 Å². The molecule has 0 aliphatic heterocycles. The zero-order valence-corrected chi connectivity index (χ0v) is 11.7. The Labute approximate surface area is 114 Å². The summed E-state index contributed by atoms with van der Waals surface area (Å²) in [6, 6.07) is 10.3. The highest BCUT2D eigenvalue weighted by molar-refractivity contribution is 5.30. The number of benzene rings is 1. The van der Waals surface area contributed by atoms with Crippen molar-refractivity contribution >= 4 is 0 Å². The van der Waals surface area contributed by atoms with E-state index in [0.717, 1.165) is 18.0 Å². The standard InChI is InChI=1S/C16H20N2O/c1-12-4-5-14(8-13(12)2)11-19-16-7-6-15(9-17-3)18-10-16/h4-8,10,17H,9,11H2,1-3H3. The van der Waals surface area contributed by atoms with E-state index in [2.05, 4.69) is 42.3 Å². The third-order valence-electron chi connectivity index (χ3n) is 3.13. The van der Waals surface area contributed by atoms with Crippen molar-refractivity contribution in [1.82, 2.24) is 10.3 Å². The molecule has 0 spiro atoms. The monoisotopic (exact) mass is 256 g/mol. The van der Waals surface area contributed by atoms with Crippen LogP contribution in [0.3, 0.4) is 0 Å². The summed E-state index contributed by atoms with van der Waals surface area (Å²) in [4.78, 5) is 4.32. The zero-order chi connectivity index (χ0) is 13.7. The van der Waals surface area contributed by atoms with Crippen LogP contribution in [0, 0.1) is 13.8 Å². The van der Waals surface area contributed by atoms with Crippen LogP contribution in [-0.2, 0) is 13.2 Å². The van der Waals surface area contributed by atoms with Crippen LogP contribution in [0.4, 0.5) is 0 Å². The molecule has 0 amide bonds. The van der Waals surface area contributed by atoms with Crippen LogP contribution in [0.2, 0.25) is 0 Å². The molecule has 100 valence electrons. The lowest BCUT2D eigenvalue weighted by Crippen LogP contribution is -2.06. The van der Waals surface area contributed by atoms with E-state index in [1.165, 1.54) is 16.7 Å². The molecule has 0 saturated carbocycles. The molecule has 0 saturated heterocycles. The minimum atomic E-state index is 0.578. The molecule has 0 bridgehead atoms. The first-order valence-corrected chi connectivity index (χ1v) is 6.47. The molecule has 1 heterocycles. The Bertz CT molecular complexity index is 535. The van der Waals surface area contributed by atoms with E-state index in [4.69, 9.17) is 4.74 Å². The van der Waals surface area contributed by atoms with Crippen LogP contribution in [0.1, 0.15) is 22.4 Å². The highest BCUT2D eigenvalue weighted by Gasteiger charge is 1.99. The molecule has 0 fully saturated rings. The molecular weight excluding hydrogens is 236 g/mol. The number of nitrogens with zero attached hydrogens (tertiary/aromatic N) is 1. The molecule has 1 N–H and O–H groups in total. The Morgan fingerprint density at radius 3 is 2.58 bits per heavy atom. The third-order valence-corrected chi connectivity index (χ3v) is 3.13. The topological polar surface area (TPSA) is 34.1 Å². The highest BCUT2D eigenvalue weighted by Crippen LogP contribution is 2.14. The number of aryl methyl sites for hydroxylation is 2. The van der Waals surface area contributed by atoms with Crippen LogP contribution >= 0.6 is 0 Å². The van der Waals surface area contributed by atoms with Crippen molar-refractivity contribution in [2.75, 3.05) is 7.05 Å². The molecule has 0 aliphatic carbocycles. The summed E-state index contributed by atoms with van der Waals surface area (Å²) in [5.74, 6) is 0.804. The maximum atomic E-state index is 5.74. The highest BCUT2D eigenvalue weighted by atomic mass is 16.5. The van der Waals surface area contributed by atoms with Crippen LogP contribution in [0.15, 0.2) is 36.5 Å². The van der Waals surface area contributed by atoms with Crippen LogP contribution < -0.4 is 10.1 Å². The van der Waals surface area contributed by atoms with Gasteiger partial charge in [0.25, 0.3) is 0 Å². The minimum absolute atomic E-state index is 0.578. The number of rotatable bonds is 5. The fourth-order valence-electron chi connectivity index (χ4n) is 1.84. The van der Waals surface area contributed by atoms with Crippen LogP contribution in [-0.4, -0.2) is 12.0 Å². The first-order chi connectivity index (χ1) is 9.19. The number of ether oxygens (including phenoxy) is 1. The van der Waals surface area contributed by atoms with Crippen molar-refractivity contribution in [3.05, 3.63) is 58.9 Å². The minimum Gasteiger partial charge on any atom is -0.487 e. The molecule has 0 aliphatic rings. The normalized spacial score (nSPS) is 10.5. The summed E-state index contributed by atoms with van der Waals surface area (Å²) in [6.07, 6.45) is 1.77. The lowest BCUT2D eigenvalue weighted by atomic mass is 10.1. The van der Waals surface area contributed by atoms with Crippen molar-refractivity contribution in [1.29, 1.82) is 0 Å². The molecular formula is C16H20N2O. The smallest absolute Gasteiger partial charge is 0.138 e. The number of pyridine rings is 1. The molecule has 19 heavy (non-hydrogen) atoms. The van der Waals surface area contributed by atoms with Gasteiger partial charge in [-0.3, -0.25) is 4.98 Å². The van der Waals surface area contributed by atoms with Gasteiger partial charge in [-0.05, 0) is 49.7 Å². The van der Waals surface area contributed by atoms with Gasteiger partial charge in [0.2, 0.25) is 0 Å². The fourth-order valence-corrected chi connectivity index (χ4v) is 1.84. The summed E-state index contributed by atoms with van der Waals surface area (Å²) in [5.41, 5.74) is 4.80. The summed E-state index contributed by atoms with van der Waals surface area (Å²) in [7, 11) is 1.91. The third kappa shape index (κ3) is 3.80. The molecule has 2 aromatic rings. The van der Waals surface area contributed by atoms with Crippen molar-refractivity contribution in [3.8, 4) is 5.75 Å². The number of hydrogen-bond acceptors (Lipinski definition) is 3. The second-order valence-electron chi connectivity index (χ2n) is 4.72. The Morgan fingerprint density at radius 2 is 1.95 bits per heavy atom. The quantitative estimate of drug-likeness (QED) is 0.893. The average molecular weight is 256 g/mol. The van der Waals surface area contributed by atoms with Crippen molar-refractivity contribution in [2.45, 2.75) is 27.0 Å². The maximum absolute atomic E-state index is 5.74. The van der Waals surface area contributed by atoms with Gasteiger partial charge in [0.1, 0.15) is 12.4 Å². The van der Waals surface area contributed by atoms with Crippen molar-refractivity contribution < 1.29 is 4.74 Å². The first-order valence-electron chi connectivity index (χ1n) is 6.47. The Balaban J connectivity index is 1.96. The first kappa shape index (κ1) is 13.6. The lowest BCUT2D eigenvalue weighted by molar-refractivity contribution is 0.304. The van der Waals surface area contributed by atoms with Gasteiger partial charge >= 0.3 is 0 Å². The molecule has 0 unspecified atom stereocenters. The Morgan fingerprint density at radius 1 is 1.11 bits per heavy atom. The molecule has 0 atom stereocenters. The second kappa shape index (κ2) is 6.34. The second-order valence-corrected chi connectivity index (χ2v) is 4.72. The maximum Gasteiger partial charge on any atom is 0.138 e. The van der Waals surface area contributed by atoms with Gasteiger partial charge in [-0.1, -0.05) is 18.2 Å². The summed E-state index contributed by atoms with van der Waals surface area (Å²) in [6.45, 7) is 5.59. The van der Waals surface area contributed by atoms with Crippen molar-refractivity contribution in [3.63, 3.8) is 0 Å². The van der Waals surface area contributed by atoms with E-state index >= 15 is 0 Å². The molecule has 2 rings (SSSR count). The van der Waals surface area contributed by atoms with Gasteiger partial charge in [-0.25, -0.2) is 0 Å². The lowest BCUT2D eigenvalue weighted by Gasteiger charge is -2.08. The van der Waals surface area contributed by atoms with Gasteiger partial charge < -0.3 is 10.1 Å². The molecule has 1 aromatic heterocycles. The molecule has 0 radical (unpaired) electrons. The summed E-state index contributed by atoms with van der Waals surface area (Å²) in [5, 5.41) is 3.07. The largest absolute Gasteiger partial charge is 0.487 e. The van der Waals surface area contributed by atoms with Crippen LogP contribution in [0.25, 0.3) is 0 Å². The Hall–Kier alpha value is -1.87. The molecule has 3 heteroatoms. The number of hydrogen-bond donors (Lipinski definition) is 1. The van der Waals surface area contributed by atoms with Crippen LogP contribution in [0.5, 0.6) is 5.75 Å². The SMILES string of the molecule is CNCc1ccc(OCc2ccc(C)c(C)c2)cn1. The van der Waals surface area contributed by atoms with E-state index < -0.39 is 0 Å². The summed E-state index contributed by atoms with van der Waals surface area (Å²) >= 11 is 0. The van der Waals surface area contributed by atoms with Gasteiger partial charge in [0.15, 0.2) is 0 Å². The van der Waals surface area contributed by atoms with E-state index in [0.29, 0.717) is 6.61 Å². The van der Waals surface area contributed by atoms with Gasteiger partial charge in [-0.15, -0.1) is 0 Å². The van der Waals surface area contributed by atoms with E-state index in [1.54, 1.807) is 6.20 Å². The fraction of sp³-hybridized carbons (Fsp3) is 0.312. The molecule has 1 aromatic carbocycles. The predicted octanol–water partition coefficient (Wildman–Crippen LogP) is 3.00. The number of aromatic nitrogens is 1. The predicted molar refractivity (Wildman–Crippen MR) is 77.2 cm³/mol. The van der Waals surface area contributed by atoms with Gasteiger partial charge in [-0.2, -0.15) is 0 Å². The average Bonchev–Trinajstić information content (AvgIpc) is 2.42.